The highest BCUT2D eigenvalue weighted by Crippen LogP contribution is 2.24. The zero-order chi connectivity index (χ0) is 10.8. The first-order valence-electron chi connectivity index (χ1n) is 4.31. The summed E-state index contributed by atoms with van der Waals surface area (Å²) in [6.07, 6.45) is 0. The molecule has 0 bridgehead atoms. The Bertz CT molecular complexity index is 331. The molecule has 5 nitrogen and oxygen atoms in total. The summed E-state index contributed by atoms with van der Waals surface area (Å²) in [6.45, 7) is 5.00. The van der Waals surface area contributed by atoms with Gasteiger partial charge in [-0.3, -0.25) is 4.79 Å². The summed E-state index contributed by atoms with van der Waals surface area (Å²) in [7, 11) is 0. The molecule has 78 valence electrons. The Morgan fingerprint density at radius 3 is 2.86 bits per heavy atom. The number of nitrogens with zero attached hydrogens (tertiary/aromatic N) is 1. The first kappa shape index (κ1) is 10.7. The van der Waals surface area contributed by atoms with Crippen molar-refractivity contribution in [3.8, 4) is 0 Å². The van der Waals surface area contributed by atoms with Crippen molar-refractivity contribution >= 4 is 11.7 Å². The maximum Gasteiger partial charge on any atom is 0.222 e. The summed E-state index contributed by atoms with van der Waals surface area (Å²) in [5, 5.41) is 15.2. The van der Waals surface area contributed by atoms with Gasteiger partial charge in [-0.2, -0.15) is 0 Å². The van der Waals surface area contributed by atoms with Crippen LogP contribution in [0.1, 0.15) is 26.5 Å². The Morgan fingerprint density at radius 1 is 1.71 bits per heavy atom. The maximum atomic E-state index is 10.7. The summed E-state index contributed by atoms with van der Waals surface area (Å²) >= 11 is 0. The fourth-order valence-corrected chi connectivity index (χ4v) is 0.911. The molecule has 1 rings (SSSR count). The summed E-state index contributed by atoms with van der Waals surface area (Å²) in [4.78, 5) is 10.7. The molecule has 0 radical (unpaired) electrons. The average molecular weight is 198 g/mol. The number of rotatable bonds is 3. The van der Waals surface area contributed by atoms with E-state index in [1.54, 1.807) is 6.07 Å². The largest absolute Gasteiger partial charge is 0.395 e. The highest BCUT2D eigenvalue weighted by molar-refractivity contribution is 5.87. The van der Waals surface area contributed by atoms with E-state index in [0.717, 1.165) is 0 Å². The summed E-state index contributed by atoms with van der Waals surface area (Å²) in [5.41, 5.74) is -0.482. The second kappa shape index (κ2) is 3.79. The van der Waals surface area contributed by atoms with E-state index >= 15 is 0 Å². The highest BCUT2D eigenvalue weighted by Gasteiger charge is 2.24. The molecule has 1 aromatic heterocycles. The zero-order valence-corrected chi connectivity index (χ0v) is 8.50. The van der Waals surface area contributed by atoms with E-state index in [0.29, 0.717) is 11.6 Å². The number of aliphatic hydroxyl groups excluding tert-OH is 1. The number of hydrogen-bond acceptors (Lipinski definition) is 4. The first-order chi connectivity index (χ1) is 6.45. The van der Waals surface area contributed by atoms with E-state index in [1.165, 1.54) is 6.92 Å². The van der Waals surface area contributed by atoms with Crippen LogP contribution in [0.25, 0.3) is 0 Å². The van der Waals surface area contributed by atoms with Crippen LogP contribution in [0.15, 0.2) is 10.6 Å². The fourth-order valence-electron chi connectivity index (χ4n) is 0.911. The quantitative estimate of drug-likeness (QED) is 0.756. The van der Waals surface area contributed by atoms with E-state index in [4.69, 9.17) is 9.63 Å². The molecule has 0 aliphatic rings. The SMILES string of the molecule is CC(=O)Nc1cc(C(C)(C)CO)on1. The molecule has 0 unspecified atom stereocenters. The lowest BCUT2D eigenvalue weighted by Crippen LogP contribution is -2.21. The van der Waals surface area contributed by atoms with Crippen LogP contribution >= 0.6 is 0 Å². The molecule has 0 aromatic carbocycles. The summed E-state index contributed by atoms with van der Waals surface area (Å²) in [6, 6.07) is 1.61. The molecule has 0 atom stereocenters. The van der Waals surface area contributed by atoms with Crippen LogP contribution in [0, 0.1) is 0 Å². The predicted molar refractivity (Wildman–Crippen MR) is 50.9 cm³/mol. The van der Waals surface area contributed by atoms with Crippen molar-refractivity contribution in [1.82, 2.24) is 5.16 Å². The molecule has 5 heteroatoms. The van der Waals surface area contributed by atoms with E-state index in [2.05, 4.69) is 10.5 Å². The third kappa shape index (κ3) is 2.32. The molecule has 0 aliphatic heterocycles. The van der Waals surface area contributed by atoms with Crippen LogP contribution in [-0.4, -0.2) is 22.8 Å². The third-order valence-corrected chi connectivity index (χ3v) is 1.88. The van der Waals surface area contributed by atoms with Gasteiger partial charge in [-0.15, -0.1) is 0 Å². The molecule has 0 saturated heterocycles. The first-order valence-corrected chi connectivity index (χ1v) is 4.31. The average Bonchev–Trinajstić information content (AvgIpc) is 2.52. The fraction of sp³-hybridized carbons (Fsp3) is 0.556. The van der Waals surface area contributed by atoms with Crippen LogP contribution in [0.2, 0.25) is 0 Å². The Labute approximate surface area is 82.1 Å². The van der Waals surface area contributed by atoms with Gasteiger partial charge in [0.2, 0.25) is 5.91 Å². The molecule has 0 saturated carbocycles. The lowest BCUT2D eigenvalue weighted by molar-refractivity contribution is -0.114. The number of aromatic nitrogens is 1. The van der Waals surface area contributed by atoms with Crippen LogP contribution in [0.5, 0.6) is 0 Å². The Hall–Kier alpha value is -1.36. The van der Waals surface area contributed by atoms with Gasteiger partial charge in [0.15, 0.2) is 5.82 Å². The molecule has 14 heavy (non-hydrogen) atoms. The molecule has 1 heterocycles. The third-order valence-electron chi connectivity index (χ3n) is 1.88. The van der Waals surface area contributed by atoms with Crippen molar-refractivity contribution in [1.29, 1.82) is 0 Å². The smallest absolute Gasteiger partial charge is 0.222 e. The molecule has 1 amide bonds. The maximum absolute atomic E-state index is 10.7. The van der Waals surface area contributed by atoms with E-state index < -0.39 is 5.41 Å². The lowest BCUT2D eigenvalue weighted by Gasteiger charge is -2.16. The molecule has 2 N–H and O–H groups in total. The normalized spacial score (nSPS) is 11.4. The second-order valence-corrected chi connectivity index (χ2v) is 3.80. The Balaban J connectivity index is 2.82. The van der Waals surface area contributed by atoms with Crippen LogP contribution in [-0.2, 0) is 10.2 Å². The van der Waals surface area contributed by atoms with Crippen molar-refractivity contribution in [3.63, 3.8) is 0 Å². The molecular formula is C9H14N2O3. The second-order valence-electron chi connectivity index (χ2n) is 3.80. The van der Waals surface area contributed by atoms with Gasteiger partial charge in [-0.05, 0) is 0 Å². The van der Waals surface area contributed by atoms with Crippen molar-refractivity contribution < 1.29 is 14.4 Å². The molecule has 1 aromatic rings. The standard InChI is InChI=1S/C9H14N2O3/c1-6(13)10-8-4-7(14-11-8)9(2,3)5-12/h4,12H,5H2,1-3H3,(H,10,11,13). The van der Waals surface area contributed by atoms with Gasteiger partial charge >= 0.3 is 0 Å². The lowest BCUT2D eigenvalue weighted by atomic mass is 9.92. The van der Waals surface area contributed by atoms with E-state index in [-0.39, 0.29) is 12.5 Å². The number of amides is 1. The minimum absolute atomic E-state index is 0.0400. The van der Waals surface area contributed by atoms with Gasteiger partial charge in [-0.1, -0.05) is 19.0 Å². The monoisotopic (exact) mass is 198 g/mol. The summed E-state index contributed by atoms with van der Waals surface area (Å²) < 4.78 is 5.00. The number of carbonyl (C=O) groups excluding carboxylic acids is 1. The molecule has 0 spiro atoms. The van der Waals surface area contributed by atoms with Gasteiger partial charge in [0.05, 0.1) is 6.61 Å². The van der Waals surface area contributed by atoms with Crippen molar-refractivity contribution in [2.45, 2.75) is 26.2 Å². The van der Waals surface area contributed by atoms with Crippen LogP contribution in [0.4, 0.5) is 5.82 Å². The van der Waals surface area contributed by atoms with Crippen LogP contribution in [0.3, 0.4) is 0 Å². The van der Waals surface area contributed by atoms with Gasteiger partial charge in [0.25, 0.3) is 0 Å². The Kier molecular flexibility index (Phi) is 2.90. The predicted octanol–water partition coefficient (Wildman–Crippen LogP) is 0.903. The number of anilines is 1. The Morgan fingerprint density at radius 2 is 2.36 bits per heavy atom. The molecule has 0 fully saturated rings. The van der Waals surface area contributed by atoms with Crippen LogP contribution < -0.4 is 5.32 Å². The number of aliphatic hydroxyl groups is 1. The topological polar surface area (TPSA) is 75.4 Å². The molecule has 0 aliphatic carbocycles. The van der Waals surface area contributed by atoms with Gasteiger partial charge in [0.1, 0.15) is 5.76 Å². The van der Waals surface area contributed by atoms with Gasteiger partial charge in [-0.25, -0.2) is 0 Å². The van der Waals surface area contributed by atoms with Gasteiger partial charge in [0, 0.05) is 18.4 Å². The summed E-state index contributed by atoms with van der Waals surface area (Å²) in [5.74, 6) is 0.712. The minimum Gasteiger partial charge on any atom is -0.395 e. The highest BCUT2D eigenvalue weighted by atomic mass is 16.5. The van der Waals surface area contributed by atoms with Crippen molar-refractivity contribution in [2.24, 2.45) is 0 Å². The molecular weight excluding hydrogens is 184 g/mol. The number of nitrogens with one attached hydrogen (secondary N) is 1. The zero-order valence-electron chi connectivity index (χ0n) is 8.50. The minimum atomic E-state index is -0.482. The number of hydrogen-bond donors (Lipinski definition) is 2. The van der Waals surface area contributed by atoms with Crippen molar-refractivity contribution in [3.05, 3.63) is 11.8 Å². The van der Waals surface area contributed by atoms with Crippen molar-refractivity contribution in [2.75, 3.05) is 11.9 Å². The van der Waals surface area contributed by atoms with E-state index in [1.807, 2.05) is 13.8 Å². The van der Waals surface area contributed by atoms with E-state index in [9.17, 15) is 4.79 Å². The van der Waals surface area contributed by atoms with Gasteiger partial charge < -0.3 is 14.9 Å². The number of carbonyl (C=O) groups is 1.